The number of nitrogens with two attached hydrogens (primary N) is 1. The van der Waals surface area contributed by atoms with Crippen LogP contribution in [0.5, 0.6) is 5.88 Å². The van der Waals surface area contributed by atoms with Crippen LogP contribution in [0, 0.1) is 6.92 Å². The Hall–Kier alpha value is -4.85. The second-order valence-corrected chi connectivity index (χ2v) is 11.5. The van der Waals surface area contributed by atoms with E-state index in [4.69, 9.17) is 26.8 Å². The van der Waals surface area contributed by atoms with Gasteiger partial charge in [0.25, 0.3) is 0 Å². The molecule has 1 amide bonds. The molecule has 0 unspecified atom stereocenters. The summed E-state index contributed by atoms with van der Waals surface area (Å²) in [5, 5.41) is 16.3. The maximum absolute atomic E-state index is 14.4. The van der Waals surface area contributed by atoms with Crippen LogP contribution < -0.4 is 15.8 Å². The van der Waals surface area contributed by atoms with E-state index in [0.717, 1.165) is 0 Å². The predicted octanol–water partition coefficient (Wildman–Crippen LogP) is 6.08. The smallest absolute Gasteiger partial charge is 0.429 e. The van der Waals surface area contributed by atoms with Gasteiger partial charge in [-0.1, -0.05) is 41.9 Å². The first-order valence-electron chi connectivity index (χ1n) is 13.5. The third-order valence-corrected chi connectivity index (χ3v) is 6.41. The van der Waals surface area contributed by atoms with E-state index in [2.05, 4.69) is 20.4 Å². The first kappa shape index (κ1) is 33.1. The van der Waals surface area contributed by atoms with E-state index in [9.17, 15) is 27.9 Å². The highest BCUT2D eigenvalue weighted by Crippen LogP contribution is 2.40. The number of halogens is 4. The van der Waals surface area contributed by atoms with Crippen molar-refractivity contribution in [3.8, 4) is 22.8 Å². The molecule has 238 valence electrons. The zero-order valence-corrected chi connectivity index (χ0v) is 25.3. The SMILES string of the molecule is Cc1ccn(-c2cc(Cl)ccc2[C@@H](Oc2cc(-c3ccc(C[C@H](NC(=O)OC(C)(C)C)C(=O)O)cc3)nc(N)n2)C(F)(F)F)n1. The van der Waals surface area contributed by atoms with Gasteiger partial charge in [0.1, 0.15) is 11.6 Å². The van der Waals surface area contributed by atoms with E-state index in [0.29, 0.717) is 16.8 Å². The van der Waals surface area contributed by atoms with Gasteiger partial charge in [0.15, 0.2) is 0 Å². The minimum absolute atomic E-state index is 0.0663. The molecule has 0 aliphatic rings. The molecule has 2 aromatic carbocycles. The summed E-state index contributed by atoms with van der Waals surface area (Å²) < 4.78 is 55.2. The normalized spacial score (nSPS) is 13.2. The molecule has 0 fully saturated rings. The zero-order chi connectivity index (χ0) is 33.1. The summed E-state index contributed by atoms with van der Waals surface area (Å²) >= 11 is 6.11. The number of aliphatic carboxylic acids is 1. The van der Waals surface area contributed by atoms with Crippen LogP contribution in [-0.2, 0) is 16.0 Å². The monoisotopic (exact) mass is 646 g/mol. The molecule has 2 heterocycles. The third kappa shape index (κ3) is 8.85. The van der Waals surface area contributed by atoms with Crippen molar-refractivity contribution in [2.75, 3.05) is 5.73 Å². The molecule has 4 rings (SSSR count). The highest BCUT2D eigenvalue weighted by molar-refractivity contribution is 6.30. The van der Waals surface area contributed by atoms with E-state index < -0.39 is 41.9 Å². The summed E-state index contributed by atoms with van der Waals surface area (Å²) in [6, 6.07) is 11.8. The number of carbonyl (C=O) groups excluding carboxylic acids is 1. The van der Waals surface area contributed by atoms with Gasteiger partial charge in [-0.25, -0.2) is 19.3 Å². The predicted molar refractivity (Wildman–Crippen MR) is 159 cm³/mol. The maximum Gasteiger partial charge on any atom is 0.429 e. The Labute approximate surface area is 261 Å². The number of hydrogen-bond acceptors (Lipinski definition) is 8. The van der Waals surface area contributed by atoms with Crippen molar-refractivity contribution in [3.05, 3.63) is 82.6 Å². The summed E-state index contributed by atoms with van der Waals surface area (Å²) in [6.45, 7) is 6.65. The fourth-order valence-corrected chi connectivity index (χ4v) is 4.43. The number of carboxylic acids is 1. The number of nitrogens with zero attached hydrogens (tertiary/aromatic N) is 4. The Morgan fingerprint density at radius 2 is 1.76 bits per heavy atom. The van der Waals surface area contributed by atoms with Gasteiger partial charge >= 0.3 is 18.2 Å². The Bertz CT molecular complexity index is 1690. The molecular weight excluding hydrogens is 617 g/mol. The highest BCUT2D eigenvalue weighted by atomic mass is 35.5. The Morgan fingerprint density at radius 1 is 1.07 bits per heavy atom. The average molecular weight is 647 g/mol. The third-order valence-electron chi connectivity index (χ3n) is 6.18. The Morgan fingerprint density at radius 3 is 2.33 bits per heavy atom. The average Bonchev–Trinajstić information content (AvgIpc) is 3.36. The number of hydrogen-bond donors (Lipinski definition) is 3. The van der Waals surface area contributed by atoms with Crippen molar-refractivity contribution in [3.63, 3.8) is 0 Å². The van der Waals surface area contributed by atoms with Crippen LogP contribution in [0.2, 0.25) is 5.02 Å². The van der Waals surface area contributed by atoms with E-state index in [-0.39, 0.29) is 34.3 Å². The van der Waals surface area contributed by atoms with E-state index in [1.54, 1.807) is 58.0 Å². The summed E-state index contributed by atoms with van der Waals surface area (Å²) in [4.78, 5) is 31.8. The number of benzene rings is 2. The zero-order valence-electron chi connectivity index (χ0n) is 24.6. The largest absolute Gasteiger partial charge is 0.480 e. The minimum atomic E-state index is -4.87. The molecule has 0 radical (unpaired) electrons. The van der Waals surface area contributed by atoms with Crippen LogP contribution in [0.15, 0.2) is 60.8 Å². The van der Waals surface area contributed by atoms with Gasteiger partial charge in [-0.3, -0.25) is 0 Å². The van der Waals surface area contributed by atoms with E-state index in [1.807, 2.05) is 0 Å². The van der Waals surface area contributed by atoms with Crippen molar-refractivity contribution in [1.82, 2.24) is 25.1 Å². The van der Waals surface area contributed by atoms with Crippen LogP contribution in [0.25, 0.3) is 16.9 Å². The molecule has 0 saturated carbocycles. The number of ether oxygens (including phenoxy) is 2. The van der Waals surface area contributed by atoms with Crippen molar-refractivity contribution in [2.45, 2.75) is 58.0 Å². The number of aryl methyl sites for hydroxylation is 1. The Balaban J connectivity index is 1.59. The first-order valence-corrected chi connectivity index (χ1v) is 13.9. The van der Waals surface area contributed by atoms with Crippen molar-refractivity contribution in [2.24, 2.45) is 0 Å². The molecule has 0 aliphatic carbocycles. The van der Waals surface area contributed by atoms with Crippen molar-refractivity contribution < 1.29 is 37.3 Å². The fraction of sp³-hybridized carbons (Fsp3) is 0.300. The van der Waals surface area contributed by atoms with Crippen LogP contribution in [-0.4, -0.2) is 54.7 Å². The fourth-order valence-electron chi connectivity index (χ4n) is 4.26. The molecule has 0 spiro atoms. The minimum Gasteiger partial charge on any atom is -0.480 e. The lowest BCUT2D eigenvalue weighted by molar-refractivity contribution is -0.198. The highest BCUT2D eigenvalue weighted by Gasteiger charge is 2.45. The number of nitrogens with one attached hydrogen (secondary N) is 1. The van der Waals surface area contributed by atoms with Gasteiger partial charge < -0.3 is 25.6 Å². The van der Waals surface area contributed by atoms with Gasteiger partial charge in [0, 0.05) is 34.8 Å². The standard InChI is InChI=1S/C30H30ClF3N6O5/c1-16-11-12-40(39-16)23-14-19(31)9-10-20(23)25(30(32,33)34)44-24-15-21(36-27(35)38-24)18-7-5-17(6-8-18)13-22(26(41)42)37-28(43)45-29(2,3)4/h5-12,14-15,22,25H,13H2,1-4H3,(H,37,43)(H,41,42)(H2,35,36,38)/t22-,25+/m0/s1. The number of anilines is 1. The van der Waals surface area contributed by atoms with Crippen molar-refractivity contribution in [1.29, 1.82) is 0 Å². The second-order valence-electron chi connectivity index (χ2n) is 11.0. The number of alkyl carbamates (subject to hydrolysis) is 1. The van der Waals surface area contributed by atoms with Gasteiger partial charge in [0.05, 0.1) is 17.1 Å². The number of amides is 1. The lowest BCUT2D eigenvalue weighted by Gasteiger charge is -2.24. The lowest BCUT2D eigenvalue weighted by atomic mass is 10.0. The van der Waals surface area contributed by atoms with E-state index >= 15 is 0 Å². The van der Waals surface area contributed by atoms with Gasteiger partial charge in [0.2, 0.25) is 17.9 Å². The molecule has 15 heteroatoms. The number of rotatable bonds is 9. The quantitative estimate of drug-likeness (QED) is 0.196. The van der Waals surface area contributed by atoms with Gasteiger partial charge in [-0.15, -0.1) is 0 Å². The van der Waals surface area contributed by atoms with E-state index in [1.165, 1.54) is 35.1 Å². The summed E-state index contributed by atoms with van der Waals surface area (Å²) in [5.74, 6) is -2.03. The summed E-state index contributed by atoms with van der Waals surface area (Å²) in [5.41, 5.74) is 6.57. The van der Waals surface area contributed by atoms with Gasteiger partial charge in [-0.2, -0.15) is 23.3 Å². The number of alkyl halides is 3. The Kier molecular flexibility index (Phi) is 9.56. The topological polar surface area (TPSA) is 154 Å². The number of carbonyl (C=O) groups is 2. The lowest BCUT2D eigenvalue weighted by Crippen LogP contribution is -2.44. The molecule has 2 atom stereocenters. The molecule has 0 bridgehead atoms. The molecule has 0 saturated heterocycles. The maximum atomic E-state index is 14.4. The molecule has 4 N–H and O–H groups in total. The first-order chi connectivity index (χ1) is 21.0. The van der Waals surface area contributed by atoms with Crippen LogP contribution >= 0.6 is 11.6 Å². The van der Waals surface area contributed by atoms with Crippen LogP contribution in [0.1, 0.15) is 43.7 Å². The molecular formula is C30H30ClF3N6O5. The van der Waals surface area contributed by atoms with Crippen LogP contribution in [0.4, 0.5) is 23.9 Å². The number of carboxylic acid groups (broad SMARTS) is 1. The second kappa shape index (κ2) is 13.0. The summed E-state index contributed by atoms with van der Waals surface area (Å²) in [6.07, 6.45) is -6.78. The molecule has 4 aromatic rings. The molecule has 2 aromatic heterocycles. The van der Waals surface area contributed by atoms with Crippen molar-refractivity contribution >= 4 is 29.6 Å². The molecule has 45 heavy (non-hydrogen) atoms. The molecule has 11 nitrogen and oxygen atoms in total. The van der Waals surface area contributed by atoms with Crippen LogP contribution in [0.3, 0.4) is 0 Å². The molecule has 0 aliphatic heterocycles. The number of aromatic nitrogens is 4. The summed E-state index contributed by atoms with van der Waals surface area (Å²) in [7, 11) is 0. The van der Waals surface area contributed by atoms with Gasteiger partial charge in [-0.05, 0) is 51.5 Å². The number of nitrogen functional groups attached to an aromatic ring is 1.